The van der Waals surface area contributed by atoms with Crippen molar-refractivity contribution >= 4 is 11.6 Å². The number of para-hydroxylation sites is 1. The molecule has 0 bridgehead atoms. The number of fused-ring (bicyclic) bond motifs is 1. The van der Waals surface area contributed by atoms with E-state index in [1.54, 1.807) is 29.9 Å². The van der Waals surface area contributed by atoms with Crippen LogP contribution in [0.4, 0.5) is 11.6 Å². The van der Waals surface area contributed by atoms with Crippen LogP contribution in [0, 0.1) is 11.8 Å². The third kappa shape index (κ3) is 2.93. The molecular weight excluding hydrogens is 352 g/mol. The van der Waals surface area contributed by atoms with Crippen molar-refractivity contribution < 1.29 is 0 Å². The van der Waals surface area contributed by atoms with Crippen molar-refractivity contribution in [2.75, 3.05) is 36.0 Å². The fourth-order valence-corrected chi connectivity index (χ4v) is 4.39. The first-order valence-corrected chi connectivity index (χ1v) is 9.58. The molecule has 1 aromatic carbocycles. The maximum atomic E-state index is 12.5. The zero-order valence-electron chi connectivity index (χ0n) is 15.8. The molecule has 2 saturated heterocycles. The molecule has 0 saturated carbocycles. The molecule has 0 radical (unpaired) electrons. The van der Waals surface area contributed by atoms with Crippen molar-refractivity contribution in [1.82, 2.24) is 19.5 Å². The van der Waals surface area contributed by atoms with Gasteiger partial charge < -0.3 is 9.80 Å². The van der Waals surface area contributed by atoms with Crippen LogP contribution in [0.5, 0.6) is 0 Å². The van der Waals surface area contributed by atoms with Gasteiger partial charge in [-0.15, -0.1) is 0 Å². The summed E-state index contributed by atoms with van der Waals surface area (Å²) in [6.07, 6.45) is 3.14. The van der Waals surface area contributed by atoms with Gasteiger partial charge in [0.1, 0.15) is 6.33 Å². The lowest BCUT2D eigenvalue weighted by Crippen LogP contribution is -2.33. The molecule has 2 atom stereocenters. The highest BCUT2D eigenvalue weighted by Crippen LogP contribution is 2.35. The molecule has 0 aliphatic carbocycles. The van der Waals surface area contributed by atoms with Gasteiger partial charge in [-0.05, 0) is 18.2 Å². The van der Waals surface area contributed by atoms with Crippen LogP contribution in [0.1, 0.15) is 0 Å². The van der Waals surface area contributed by atoms with Crippen molar-refractivity contribution in [2.45, 2.75) is 0 Å². The van der Waals surface area contributed by atoms with E-state index in [1.165, 1.54) is 12.0 Å². The maximum absolute atomic E-state index is 12.5. The second-order valence-electron chi connectivity index (χ2n) is 7.60. The predicted molar refractivity (Wildman–Crippen MR) is 108 cm³/mol. The van der Waals surface area contributed by atoms with Gasteiger partial charge in [0.05, 0.1) is 11.4 Å². The number of benzene rings is 1. The summed E-state index contributed by atoms with van der Waals surface area (Å²) in [4.78, 5) is 30.2. The van der Waals surface area contributed by atoms with Gasteiger partial charge >= 0.3 is 0 Å². The summed E-state index contributed by atoms with van der Waals surface area (Å²) in [6.45, 7) is 3.93. The molecule has 28 heavy (non-hydrogen) atoms. The Morgan fingerprint density at radius 2 is 1.64 bits per heavy atom. The average molecular weight is 374 g/mol. The van der Waals surface area contributed by atoms with Crippen molar-refractivity contribution in [1.29, 1.82) is 0 Å². The van der Waals surface area contributed by atoms with Crippen LogP contribution in [0.3, 0.4) is 0 Å². The van der Waals surface area contributed by atoms with E-state index in [9.17, 15) is 4.79 Å². The minimum atomic E-state index is -0.0680. The fourth-order valence-electron chi connectivity index (χ4n) is 4.39. The molecule has 3 aromatic rings. The molecule has 2 aromatic heterocycles. The van der Waals surface area contributed by atoms with Crippen LogP contribution in [0.2, 0.25) is 0 Å². The maximum Gasteiger partial charge on any atom is 0.255 e. The zero-order chi connectivity index (χ0) is 19.1. The molecule has 7 nitrogen and oxygen atoms in total. The molecular formula is C21H22N6O. The van der Waals surface area contributed by atoms with Crippen LogP contribution >= 0.6 is 0 Å². The van der Waals surface area contributed by atoms with Crippen LogP contribution < -0.4 is 15.4 Å². The molecule has 5 rings (SSSR count). The number of anilines is 2. The van der Waals surface area contributed by atoms with E-state index < -0.39 is 0 Å². The Hall–Kier alpha value is -3.22. The largest absolute Gasteiger partial charge is 0.371 e. The molecule has 0 N–H and O–H groups in total. The normalized spacial score (nSPS) is 21.2. The molecule has 142 valence electrons. The minimum Gasteiger partial charge on any atom is -0.371 e. The predicted octanol–water partition coefficient (Wildman–Crippen LogP) is 1.81. The van der Waals surface area contributed by atoms with Crippen LogP contribution in [0.15, 0.2) is 59.8 Å². The molecule has 1 unspecified atom stereocenters. The molecule has 7 heteroatoms. The lowest BCUT2D eigenvalue weighted by Gasteiger charge is -2.25. The van der Waals surface area contributed by atoms with E-state index in [-0.39, 0.29) is 5.56 Å². The van der Waals surface area contributed by atoms with Crippen molar-refractivity contribution in [3.05, 3.63) is 65.3 Å². The number of hydrogen-bond acceptors (Lipinski definition) is 6. The van der Waals surface area contributed by atoms with Crippen LogP contribution in [-0.4, -0.2) is 45.7 Å². The Morgan fingerprint density at radius 3 is 2.32 bits per heavy atom. The average Bonchev–Trinajstić information content (AvgIpc) is 3.30. The van der Waals surface area contributed by atoms with Crippen molar-refractivity contribution in [3.63, 3.8) is 0 Å². The van der Waals surface area contributed by atoms with E-state index in [4.69, 9.17) is 4.98 Å². The number of aromatic nitrogens is 4. The first-order chi connectivity index (χ1) is 13.7. The Kier molecular flexibility index (Phi) is 4.07. The number of nitrogens with zero attached hydrogens (tertiary/aromatic N) is 6. The fraction of sp³-hybridized carbons (Fsp3) is 0.333. The Morgan fingerprint density at radius 1 is 0.929 bits per heavy atom. The molecule has 2 aliphatic heterocycles. The Bertz CT molecular complexity index is 1020. The van der Waals surface area contributed by atoms with Gasteiger partial charge in [0.15, 0.2) is 0 Å². The third-order valence-electron chi connectivity index (χ3n) is 5.85. The van der Waals surface area contributed by atoms with Gasteiger partial charge in [-0.2, -0.15) is 0 Å². The molecule has 2 fully saturated rings. The lowest BCUT2D eigenvalue weighted by atomic mass is 10.0. The zero-order valence-corrected chi connectivity index (χ0v) is 15.8. The van der Waals surface area contributed by atoms with Gasteiger partial charge in [-0.1, -0.05) is 18.2 Å². The molecule has 2 aliphatic rings. The Labute approximate surface area is 163 Å². The first-order valence-electron chi connectivity index (χ1n) is 9.58. The van der Waals surface area contributed by atoms with Gasteiger partial charge in [0.2, 0.25) is 5.95 Å². The van der Waals surface area contributed by atoms with Crippen molar-refractivity contribution in [2.24, 2.45) is 18.9 Å². The lowest BCUT2D eigenvalue weighted by molar-refractivity contribution is 0.533. The van der Waals surface area contributed by atoms with E-state index >= 15 is 0 Å². The smallest absolute Gasteiger partial charge is 0.255 e. The third-order valence-corrected chi connectivity index (χ3v) is 5.85. The molecule has 0 spiro atoms. The van der Waals surface area contributed by atoms with Gasteiger partial charge in [-0.3, -0.25) is 9.36 Å². The summed E-state index contributed by atoms with van der Waals surface area (Å²) in [5.41, 5.74) is 2.49. The summed E-state index contributed by atoms with van der Waals surface area (Å²) >= 11 is 0. The topological polar surface area (TPSA) is 67.2 Å². The monoisotopic (exact) mass is 374 g/mol. The summed E-state index contributed by atoms with van der Waals surface area (Å²) in [5.74, 6) is 1.89. The standard InChI is InChI=1S/C21H22N6O/c1-25-20(28)9-19(18-7-8-22-14-23-18)24-21(25)27-12-15-10-26(11-16(15)13-27)17-5-3-2-4-6-17/h2-9,14-16H,10-13H2,1H3/t15-,16?/m1/s1. The van der Waals surface area contributed by atoms with Crippen LogP contribution in [0.25, 0.3) is 11.4 Å². The highest BCUT2D eigenvalue weighted by Gasteiger charge is 2.41. The first kappa shape index (κ1) is 16.9. The van der Waals surface area contributed by atoms with Crippen LogP contribution in [-0.2, 0) is 7.05 Å². The molecule has 0 amide bonds. The quantitative estimate of drug-likeness (QED) is 0.697. The van der Waals surface area contributed by atoms with Crippen molar-refractivity contribution in [3.8, 4) is 11.4 Å². The van der Waals surface area contributed by atoms with Gasteiger partial charge in [0, 0.05) is 63.0 Å². The van der Waals surface area contributed by atoms with E-state index in [1.807, 2.05) is 0 Å². The van der Waals surface area contributed by atoms with E-state index in [2.05, 4.69) is 50.1 Å². The molecule has 4 heterocycles. The van der Waals surface area contributed by atoms with Gasteiger partial charge in [-0.25, -0.2) is 15.0 Å². The second kappa shape index (κ2) is 6.74. The SMILES string of the molecule is Cn1c(N2CC3CN(c4ccccc4)C[C@@H]3C2)nc(-c2ccncn2)cc1=O. The van der Waals surface area contributed by atoms with E-state index in [0.29, 0.717) is 23.2 Å². The second-order valence-corrected chi connectivity index (χ2v) is 7.60. The highest BCUT2D eigenvalue weighted by molar-refractivity contribution is 5.55. The number of hydrogen-bond donors (Lipinski definition) is 0. The summed E-state index contributed by atoms with van der Waals surface area (Å²) < 4.78 is 1.64. The number of rotatable bonds is 3. The van der Waals surface area contributed by atoms with E-state index in [0.717, 1.165) is 32.1 Å². The summed E-state index contributed by atoms with van der Waals surface area (Å²) in [7, 11) is 1.79. The summed E-state index contributed by atoms with van der Waals surface area (Å²) in [5, 5.41) is 0. The minimum absolute atomic E-state index is 0.0680. The Balaban J connectivity index is 1.39. The highest BCUT2D eigenvalue weighted by atomic mass is 16.1. The van der Waals surface area contributed by atoms with Gasteiger partial charge in [0.25, 0.3) is 5.56 Å². The summed E-state index contributed by atoms with van der Waals surface area (Å²) in [6, 6.07) is 13.9.